The van der Waals surface area contributed by atoms with Crippen LogP contribution in [0.5, 0.6) is 11.5 Å². The van der Waals surface area contributed by atoms with Gasteiger partial charge in [0, 0.05) is 9.75 Å². The Morgan fingerprint density at radius 1 is 0.523 bits per heavy atom. The molecule has 44 heavy (non-hydrogen) atoms. The van der Waals surface area contributed by atoms with E-state index >= 15 is 0 Å². The molecule has 6 heterocycles. The second-order valence-corrected chi connectivity index (χ2v) is 12.9. The van der Waals surface area contributed by atoms with E-state index in [1.165, 1.54) is 46.7 Å². The maximum absolute atomic E-state index is 14.5. The average Bonchev–Trinajstić information content (AvgIpc) is 3.88. The zero-order valence-electron chi connectivity index (χ0n) is 23.6. The first-order valence-corrected chi connectivity index (χ1v) is 15.9. The van der Waals surface area contributed by atoms with Crippen LogP contribution in [0.2, 0.25) is 0 Å². The van der Waals surface area contributed by atoms with Crippen LogP contribution in [0.1, 0.15) is 21.8 Å². The summed E-state index contributed by atoms with van der Waals surface area (Å²) in [6.45, 7) is 0. The first-order valence-electron chi connectivity index (χ1n) is 14.1. The maximum Gasteiger partial charge on any atom is 0.253 e. The molecule has 0 N–H and O–H groups in total. The summed E-state index contributed by atoms with van der Waals surface area (Å²) in [4.78, 5) is 61.9. The summed E-state index contributed by atoms with van der Waals surface area (Å²) in [7, 11) is 3.00. The second kappa shape index (κ2) is 10.1. The zero-order valence-corrected chi connectivity index (χ0v) is 25.2. The summed E-state index contributed by atoms with van der Waals surface area (Å²) in [6, 6.07) is 18.4. The van der Waals surface area contributed by atoms with Gasteiger partial charge in [0.05, 0.1) is 49.5 Å². The van der Waals surface area contributed by atoms with E-state index in [1.54, 1.807) is 48.5 Å². The van der Waals surface area contributed by atoms with Gasteiger partial charge in [-0.15, -0.1) is 22.7 Å². The highest BCUT2D eigenvalue weighted by Crippen LogP contribution is 2.61. The number of ether oxygens (including phenoxy) is 2. The summed E-state index contributed by atoms with van der Waals surface area (Å²) in [6.07, 6.45) is 0. The third-order valence-electron chi connectivity index (χ3n) is 9.05. The van der Waals surface area contributed by atoms with Crippen molar-refractivity contribution in [1.82, 2.24) is 10.0 Å². The van der Waals surface area contributed by atoms with Gasteiger partial charge in [-0.1, -0.05) is 36.4 Å². The largest absolute Gasteiger partial charge is 0.495 e. The second-order valence-electron chi connectivity index (χ2n) is 11.0. The highest BCUT2D eigenvalue weighted by molar-refractivity contribution is 7.10. The van der Waals surface area contributed by atoms with Crippen molar-refractivity contribution in [3.05, 3.63) is 93.3 Å². The summed E-state index contributed by atoms with van der Waals surface area (Å²) < 4.78 is 11.1. The molecule has 6 atom stereocenters. The highest BCUT2D eigenvalue weighted by atomic mass is 32.1. The van der Waals surface area contributed by atoms with Crippen molar-refractivity contribution in [3.63, 3.8) is 0 Å². The molecule has 0 bridgehead atoms. The van der Waals surface area contributed by atoms with Gasteiger partial charge in [0.15, 0.2) is 0 Å². The number of anilines is 2. The SMILES string of the molecule is COc1ccccc1N1C(=O)[C@H]2[C@@H](C1=O)N1[C@H](c3cccs3)[C@H]3C(=O)N(c4ccccc4OC)C(=O)[C@H]3N1[C@@H]2c1cccs1. The summed E-state index contributed by atoms with van der Waals surface area (Å²) >= 11 is 2.92. The molecule has 4 amide bonds. The Kier molecular flexibility index (Phi) is 6.24. The topological polar surface area (TPSA) is 99.7 Å². The van der Waals surface area contributed by atoms with Crippen molar-refractivity contribution in [2.24, 2.45) is 11.8 Å². The number of methoxy groups -OCH3 is 2. The monoisotopic (exact) mass is 626 g/mol. The van der Waals surface area contributed by atoms with Gasteiger partial charge < -0.3 is 9.47 Å². The van der Waals surface area contributed by atoms with E-state index in [-0.39, 0.29) is 11.8 Å². The molecule has 0 aliphatic carbocycles. The first kappa shape index (κ1) is 27.2. The Hall–Kier alpha value is -4.36. The lowest BCUT2D eigenvalue weighted by Gasteiger charge is -2.35. The van der Waals surface area contributed by atoms with Gasteiger partial charge in [0.25, 0.3) is 11.8 Å². The van der Waals surface area contributed by atoms with E-state index < -0.39 is 47.8 Å². The van der Waals surface area contributed by atoms with Crippen LogP contribution in [0.3, 0.4) is 0 Å². The maximum atomic E-state index is 14.5. The van der Waals surface area contributed by atoms with Gasteiger partial charge in [0.2, 0.25) is 11.8 Å². The summed E-state index contributed by atoms with van der Waals surface area (Å²) in [5, 5.41) is 7.58. The number of nitrogens with zero attached hydrogens (tertiary/aromatic N) is 4. The van der Waals surface area contributed by atoms with Crippen LogP contribution in [0.25, 0.3) is 0 Å². The van der Waals surface area contributed by atoms with Crippen LogP contribution in [0, 0.1) is 11.8 Å². The Bertz CT molecular complexity index is 1680. The zero-order chi connectivity index (χ0) is 30.3. The molecule has 4 fully saturated rings. The van der Waals surface area contributed by atoms with Gasteiger partial charge in [0.1, 0.15) is 23.6 Å². The molecular weight excluding hydrogens is 601 g/mol. The number of thiophene rings is 2. The number of hydrogen-bond donors (Lipinski definition) is 0. The van der Waals surface area contributed by atoms with E-state index in [0.717, 1.165) is 9.75 Å². The molecule has 0 spiro atoms. The van der Waals surface area contributed by atoms with Crippen LogP contribution in [0.4, 0.5) is 11.4 Å². The molecule has 8 rings (SSSR count). The molecule has 12 heteroatoms. The number of para-hydroxylation sites is 4. The van der Waals surface area contributed by atoms with Crippen LogP contribution >= 0.6 is 22.7 Å². The number of hydrogen-bond acceptors (Lipinski definition) is 10. The fourth-order valence-corrected chi connectivity index (χ4v) is 9.15. The number of carbonyl (C=O) groups is 4. The standard InChI is InChI=1S/C32H26N4O6S2/c1-41-19-11-5-3-9-17(19)33-29(37)23-25(21-13-7-15-43-21)36-28-24(26(22-14-8-16-44-22)35(36)27(23)31(33)39)30(38)34(32(28)40)18-10-4-6-12-20(18)42-2/h3-16,23-28H,1-2H3/t23-,24-,25-,26-,27+,28+/m1/s1. The molecule has 4 aromatic rings. The van der Waals surface area contributed by atoms with E-state index in [1.807, 2.05) is 45.0 Å². The molecule has 4 aliphatic rings. The number of amides is 4. The number of imide groups is 2. The van der Waals surface area contributed by atoms with Crippen molar-refractivity contribution >= 4 is 57.7 Å². The smallest absolute Gasteiger partial charge is 0.253 e. The number of hydrazine groups is 1. The van der Waals surface area contributed by atoms with E-state index in [4.69, 9.17) is 9.47 Å². The molecule has 4 aliphatic heterocycles. The Morgan fingerprint density at radius 3 is 1.30 bits per heavy atom. The number of rotatable bonds is 6. The lowest BCUT2D eigenvalue weighted by atomic mass is 9.88. The van der Waals surface area contributed by atoms with Crippen LogP contribution in [-0.2, 0) is 19.2 Å². The lowest BCUT2D eigenvalue weighted by molar-refractivity contribution is -0.135. The van der Waals surface area contributed by atoms with Crippen molar-refractivity contribution in [3.8, 4) is 11.5 Å². The molecule has 0 radical (unpaired) electrons. The molecule has 0 unspecified atom stereocenters. The van der Waals surface area contributed by atoms with Gasteiger partial charge in [-0.3, -0.25) is 19.2 Å². The van der Waals surface area contributed by atoms with E-state index in [2.05, 4.69) is 0 Å². The summed E-state index contributed by atoms with van der Waals surface area (Å²) in [5.74, 6) is -2.34. The number of fused-ring (bicyclic) bond motifs is 5. The molecule has 222 valence electrons. The molecule has 10 nitrogen and oxygen atoms in total. The third-order valence-corrected chi connectivity index (χ3v) is 10.9. The molecule has 2 aromatic carbocycles. The average molecular weight is 627 g/mol. The van der Waals surface area contributed by atoms with Crippen LogP contribution in [0.15, 0.2) is 83.6 Å². The quantitative estimate of drug-likeness (QED) is 0.293. The number of benzene rings is 2. The fraction of sp³-hybridized carbons (Fsp3) is 0.250. The predicted octanol–water partition coefficient (Wildman–Crippen LogP) is 4.27. The van der Waals surface area contributed by atoms with Crippen LogP contribution < -0.4 is 19.3 Å². The summed E-state index contributed by atoms with van der Waals surface area (Å²) in [5.41, 5.74) is 0.745. The molecule has 2 aromatic heterocycles. The van der Waals surface area contributed by atoms with E-state index in [9.17, 15) is 19.2 Å². The fourth-order valence-electron chi connectivity index (χ4n) is 7.42. The Morgan fingerprint density at radius 2 is 0.932 bits per heavy atom. The predicted molar refractivity (Wildman–Crippen MR) is 163 cm³/mol. The third kappa shape index (κ3) is 3.53. The van der Waals surface area contributed by atoms with Gasteiger partial charge in [-0.25, -0.2) is 19.8 Å². The van der Waals surface area contributed by atoms with Gasteiger partial charge in [-0.2, -0.15) is 0 Å². The lowest BCUT2D eigenvalue weighted by Crippen LogP contribution is -2.50. The van der Waals surface area contributed by atoms with E-state index in [0.29, 0.717) is 22.9 Å². The van der Waals surface area contributed by atoms with Crippen molar-refractivity contribution in [1.29, 1.82) is 0 Å². The normalized spacial score (nSPS) is 28.1. The molecular formula is C32H26N4O6S2. The van der Waals surface area contributed by atoms with Crippen molar-refractivity contribution < 1.29 is 28.7 Å². The molecule has 0 saturated carbocycles. The minimum Gasteiger partial charge on any atom is -0.495 e. The van der Waals surface area contributed by atoms with Crippen LogP contribution in [-0.4, -0.2) is 59.9 Å². The van der Waals surface area contributed by atoms with Gasteiger partial charge >= 0.3 is 0 Å². The Balaban J connectivity index is 1.31. The minimum atomic E-state index is -0.919. The van der Waals surface area contributed by atoms with Gasteiger partial charge in [-0.05, 0) is 47.2 Å². The first-order chi connectivity index (χ1) is 21.5. The Labute approximate surface area is 260 Å². The van der Waals surface area contributed by atoms with Crippen molar-refractivity contribution in [2.45, 2.75) is 24.2 Å². The highest BCUT2D eigenvalue weighted by Gasteiger charge is 2.74. The number of carbonyl (C=O) groups excluding carboxylic acids is 4. The van der Waals surface area contributed by atoms with Crippen molar-refractivity contribution in [2.75, 3.05) is 24.0 Å². The molecule has 4 saturated heterocycles. The minimum absolute atomic E-state index is 0.364.